The number of hydrogen-bond acceptors (Lipinski definition) is 4. The molecular weight excluding hydrogens is 560 g/mol. The summed E-state index contributed by atoms with van der Waals surface area (Å²) in [6.45, 7) is 9.89. The molecule has 4 heterocycles. The van der Waals surface area contributed by atoms with E-state index < -0.39 is 0 Å². The van der Waals surface area contributed by atoms with E-state index in [1.165, 1.54) is 46.2 Å². The predicted octanol–water partition coefficient (Wildman–Crippen LogP) is 9.54. The second-order valence-electron chi connectivity index (χ2n) is 15.7. The molecule has 6 atom stereocenters. The Morgan fingerprint density at radius 1 is 0.522 bits per heavy atom. The molecule has 46 heavy (non-hydrogen) atoms. The number of nitrogens with zero attached hydrogens (tertiary/aromatic N) is 4. The van der Waals surface area contributed by atoms with Gasteiger partial charge in [-0.15, -0.1) is 0 Å². The maximum Gasteiger partial charge on any atom is 0.0889 e. The Bertz CT molecular complexity index is 1790. The molecule has 0 aliphatic heterocycles. The zero-order valence-corrected chi connectivity index (χ0v) is 27.3. The third-order valence-corrected chi connectivity index (χ3v) is 12.9. The molecule has 0 spiro atoms. The van der Waals surface area contributed by atoms with Gasteiger partial charge >= 0.3 is 0 Å². The summed E-state index contributed by atoms with van der Waals surface area (Å²) in [5, 5.41) is 0. The Balaban J connectivity index is 1.00. The van der Waals surface area contributed by atoms with Crippen molar-refractivity contribution in [2.45, 2.75) is 77.0 Å². The van der Waals surface area contributed by atoms with Crippen LogP contribution in [0.3, 0.4) is 0 Å². The van der Waals surface area contributed by atoms with Gasteiger partial charge in [0.2, 0.25) is 0 Å². The highest BCUT2D eigenvalue weighted by Gasteiger charge is 2.58. The fraction of sp³-hybridized carbons (Fsp3) is 0.381. The molecule has 4 heteroatoms. The lowest BCUT2D eigenvalue weighted by Gasteiger charge is -2.60. The van der Waals surface area contributed by atoms with E-state index in [9.17, 15) is 0 Å². The van der Waals surface area contributed by atoms with Crippen molar-refractivity contribution in [2.75, 3.05) is 0 Å². The average molecular weight is 603 g/mol. The molecule has 0 saturated heterocycles. The van der Waals surface area contributed by atoms with Gasteiger partial charge in [-0.05, 0) is 142 Å². The molecule has 2 unspecified atom stereocenters. The average Bonchev–Trinajstić information content (AvgIpc) is 3.09. The molecule has 4 nitrogen and oxygen atoms in total. The fourth-order valence-electron chi connectivity index (χ4n) is 10.1. The number of pyridine rings is 4. The van der Waals surface area contributed by atoms with Crippen molar-refractivity contribution in [3.63, 3.8) is 0 Å². The molecule has 6 aliphatic carbocycles. The highest BCUT2D eigenvalue weighted by molar-refractivity contribution is 5.59. The highest BCUT2D eigenvalue weighted by Crippen LogP contribution is 2.68. The molecule has 11 rings (SSSR count). The van der Waals surface area contributed by atoms with Gasteiger partial charge in [0.05, 0.1) is 22.8 Å². The molecule has 4 aromatic heterocycles. The largest absolute Gasteiger partial charge is 0.255 e. The van der Waals surface area contributed by atoms with E-state index in [4.69, 9.17) is 9.97 Å². The van der Waals surface area contributed by atoms with Gasteiger partial charge in [-0.2, -0.15) is 0 Å². The Kier molecular flexibility index (Phi) is 6.20. The predicted molar refractivity (Wildman–Crippen MR) is 184 cm³/mol. The Morgan fingerprint density at radius 3 is 1.33 bits per heavy atom. The first-order valence-corrected chi connectivity index (χ1v) is 17.2. The molecule has 0 N–H and O–H groups in total. The van der Waals surface area contributed by atoms with Crippen molar-refractivity contribution in [3.05, 3.63) is 131 Å². The highest BCUT2D eigenvalue weighted by atomic mass is 14.8. The van der Waals surface area contributed by atoms with Crippen LogP contribution in [0.2, 0.25) is 0 Å². The lowest BCUT2D eigenvalue weighted by Crippen LogP contribution is -2.51. The van der Waals surface area contributed by atoms with Crippen LogP contribution in [0.25, 0.3) is 22.8 Å². The Morgan fingerprint density at radius 2 is 0.957 bits per heavy atom. The minimum Gasteiger partial charge on any atom is -0.255 e. The van der Waals surface area contributed by atoms with Crippen molar-refractivity contribution in [1.29, 1.82) is 0 Å². The monoisotopic (exact) mass is 602 g/mol. The van der Waals surface area contributed by atoms with Crippen LogP contribution < -0.4 is 0 Å². The molecule has 2 saturated carbocycles. The van der Waals surface area contributed by atoms with Crippen LogP contribution in [-0.2, 0) is 12.8 Å². The number of rotatable bonds is 6. The van der Waals surface area contributed by atoms with E-state index in [1.54, 1.807) is 0 Å². The van der Waals surface area contributed by atoms with Crippen LogP contribution in [0.15, 0.2) is 97.6 Å². The minimum atomic E-state index is 0.316. The van der Waals surface area contributed by atoms with E-state index >= 15 is 0 Å². The Labute approximate surface area is 272 Å². The summed E-state index contributed by atoms with van der Waals surface area (Å²) < 4.78 is 0. The van der Waals surface area contributed by atoms with E-state index in [0.29, 0.717) is 46.3 Å². The smallest absolute Gasteiger partial charge is 0.0889 e. The SMILES string of the molecule is CC1(C)C2C[C@@H]1c1cnc(-c3ccccn3)cc1[C@@H]2Cc1ccc(CC2c3cc(-c4ccccn4)ncc3[C@@H]3C[C@H]2C3(C)C)cc1. The maximum absolute atomic E-state index is 4.90. The second kappa shape index (κ2) is 10.2. The summed E-state index contributed by atoms with van der Waals surface area (Å²) in [6, 6.07) is 26.6. The van der Waals surface area contributed by atoms with Crippen LogP contribution in [-0.4, -0.2) is 19.9 Å². The van der Waals surface area contributed by atoms with Crippen LogP contribution in [0, 0.1) is 22.7 Å². The van der Waals surface area contributed by atoms with E-state index in [1.807, 2.05) is 24.5 Å². The first kappa shape index (κ1) is 28.1. The molecule has 6 aliphatic rings. The summed E-state index contributed by atoms with van der Waals surface area (Å²) in [6.07, 6.45) is 12.8. The second-order valence-corrected chi connectivity index (χ2v) is 15.7. The first-order chi connectivity index (χ1) is 22.3. The van der Waals surface area contributed by atoms with E-state index in [-0.39, 0.29) is 0 Å². The molecule has 1 aromatic carbocycles. The molecule has 0 radical (unpaired) electrons. The normalized spacial score (nSPS) is 27.5. The summed E-state index contributed by atoms with van der Waals surface area (Å²) >= 11 is 0. The Hall–Kier alpha value is -4.18. The molecule has 230 valence electrons. The third kappa shape index (κ3) is 4.18. The third-order valence-electron chi connectivity index (χ3n) is 12.9. The number of hydrogen-bond donors (Lipinski definition) is 0. The standard InChI is InChI=1S/C42H42N4/c1-41(2)33-21-35(41)31-23-45-39(37-9-5-7-15-43-37)19-27(31)29(33)17-25-11-13-26(14-12-25)18-30-28-20-40(38-10-6-8-16-44-38)46-24-32(28)36-22-34(30)42(36,3)4/h5-16,19-20,23-24,29-30,33-36H,17-18,21-22H2,1-4H3/t29-,30?,33?,34+,35+,36-/m0/s1. The van der Waals surface area contributed by atoms with E-state index in [0.717, 1.165) is 35.6 Å². The summed E-state index contributed by atoms with van der Waals surface area (Å²) in [4.78, 5) is 19.0. The van der Waals surface area contributed by atoms with Gasteiger partial charge in [-0.1, -0.05) is 64.1 Å². The topological polar surface area (TPSA) is 51.6 Å². The summed E-state index contributed by atoms with van der Waals surface area (Å²) in [5.74, 6) is 3.61. The molecule has 0 amide bonds. The lowest BCUT2D eigenvalue weighted by atomic mass is 9.43. The van der Waals surface area contributed by atoms with Gasteiger partial charge in [-0.3, -0.25) is 19.9 Å². The van der Waals surface area contributed by atoms with Crippen molar-refractivity contribution in [1.82, 2.24) is 19.9 Å². The molecular formula is C42H42N4. The van der Waals surface area contributed by atoms with Crippen molar-refractivity contribution < 1.29 is 0 Å². The van der Waals surface area contributed by atoms with Crippen LogP contribution in [0.4, 0.5) is 0 Å². The molecule has 5 aromatic rings. The van der Waals surface area contributed by atoms with Gasteiger partial charge in [0.25, 0.3) is 0 Å². The minimum absolute atomic E-state index is 0.316. The van der Waals surface area contributed by atoms with Crippen molar-refractivity contribution in [2.24, 2.45) is 22.7 Å². The van der Waals surface area contributed by atoms with Gasteiger partial charge in [-0.25, -0.2) is 0 Å². The number of aromatic nitrogens is 4. The zero-order chi connectivity index (χ0) is 31.2. The van der Waals surface area contributed by atoms with Crippen molar-refractivity contribution in [3.8, 4) is 22.8 Å². The summed E-state index contributed by atoms with van der Waals surface area (Å²) in [5.41, 5.74) is 13.3. The van der Waals surface area contributed by atoms with Gasteiger partial charge < -0.3 is 0 Å². The van der Waals surface area contributed by atoms with Gasteiger partial charge in [0, 0.05) is 24.8 Å². The molecule has 4 bridgehead atoms. The van der Waals surface area contributed by atoms with Crippen molar-refractivity contribution >= 4 is 0 Å². The zero-order valence-electron chi connectivity index (χ0n) is 27.3. The maximum atomic E-state index is 4.90. The van der Waals surface area contributed by atoms with Gasteiger partial charge in [0.15, 0.2) is 0 Å². The first-order valence-electron chi connectivity index (χ1n) is 17.2. The fourth-order valence-corrected chi connectivity index (χ4v) is 10.1. The van der Waals surface area contributed by atoms with Crippen LogP contribution in [0.5, 0.6) is 0 Å². The van der Waals surface area contributed by atoms with E-state index in [2.05, 4.69) is 111 Å². The van der Waals surface area contributed by atoms with Crippen LogP contribution in [0.1, 0.15) is 97.6 Å². The van der Waals surface area contributed by atoms with Gasteiger partial charge in [0.1, 0.15) is 0 Å². The number of benzene rings is 1. The van der Waals surface area contributed by atoms with Crippen LogP contribution >= 0.6 is 0 Å². The lowest BCUT2D eigenvalue weighted by molar-refractivity contribution is -0.00603. The molecule has 2 fully saturated rings. The summed E-state index contributed by atoms with van der Waals surface area (Å²) in [7, 11) is 0. The quantitative estimate of drug-likeness (QED) is 0.194.